The summed E-state index contributed by atoms with van der Waals surface area (Å²) in [5.74, 6) is 0.293. The molecule has 0 radical (unpaired) electrons. The molecule has 0 amide bonds. The second-order valence-electron chi connectivity index (χ2n) is 4.24. The first-order valence-electron chi connectivity index (χ1n) is 5.99. The van der Waals surface area contributed by atoms with Crippen molar-refractivity contribution in [3.05, 3.63) is 51.8 Å². The summed E-state index contributed by atoms with van der Waals surface area (Å²) in [7, 11) is 4.98. The van der Waals surface area contributed by atoms with Gasteiger partial charge in [-0.05, 0) is 22.9 Å². The van der Waals surface area contributed by atoms with Crippen LogP contribution < -0.4 is 0 Å². The van der Waals surface area contributed by atoms with E-state index in [2.05, 4.69) is 21.5 Å². The molecule has 1 atom stereocenters. The van der Waals surface area contributed by atoms with Crippen molar-refractivity contribution in [3.8, 4) is 0 Å². The highest BCUT2D eigenvalue weighted by atomic mass is 33.1. The molecule has 20 heavy (non-hydrogen) atoms. The molecule has 5 nitrogen and oxygen atoms in total. The Balaban J connectivity index is 2.21. The lowest BCUT2D eigenvalue weighted by molar-refractivity contribution is 0.382. The van der Waals surface area contributed by atoms with Gasteiger partial charge in [-0.1, -0.05) is 57.0 Å². The highest BCUT2D eigenvalue weighted by molar-refractivity contribution is 8.78. The van der Waals surface area contributed by atoms with E-state index in [9.17, 15) is 0 Å². The number of azide groups is 1. The molecule has 0 saturated carbocycles. The van der Waals surface area contributed by atoms with E-state index < -0.39 is 0 Å². The van der Waals surface area contributed by atoms with E-state index >= 15 is 0 Å². The molecular formula is C13H14N4OS2. The predicted molar refractivity (Wildman–Crippen MR) is 85.2 cm³/mol. The molecule has 1 aromatic rings. The van der Waals surface area contributed by atoms with Gasteiger partial charge in [0, 0.05) is 17.0 Å². The third-order valence-electron chi connectivity index (χ3n) is 3.08. The van der Waals surface area contributed by atoms with Crippen LogP contribution in [0.5, 0.6) is 0 Å². The van der Waals surface area contributed by atoms with Gasteiger partial charge in [0.05, 0.1) is 11.9 Å². The number of rotatable bonds is 5. The van der Waals surface area contributed by atoms with Crippen LogP contribution in [-0.4, -0.2) is 13.0 Å². The minimum atomic E-state index is -0.148. The molecule has 1 aromatic carbocycles. The predicted octanol–water partition coefficient (Wildman–Crippen LogP) is 5.14. The van der Waals surface area contributed by atoms with E-state index in [0.29, 0.717) is 18.0 Å². The number of hydrogen-bond acceptors (Lipinski definition) is 5. The van der Waals surface area contributed by atoms with Gasteiger partial charge in [-0.3, -0.25) is 5.41 Å². The minimum absolute atomic E-state index is 0.148. The van der Waals surface area contributed by atoms with Crippen molar-refractivity contribution in [1.82, 2.24) is 0 Å². The summed E-state index contributed by atoms with van der Waals surface area (Å²) in [5.41, 5.74) is 10.2. The Bertz CT molecular complexity index is 566. The summed E-state index contributed by atoms with van der Waals surface area (Å²) in [5, 5.41) is 13.3. The van der Waals surface area contributed by atoms with Crippen molar-refractivity contribution in [1.29, 1.82) is 5.41 Å². The minimum Gasteiger partial charge on any atom is -0.484 e. The van der Waals surface area contributed by atoms with E-state index in [0.717, 1.165) is 12.0 Å². The lowest BCUT2D eigenvalue weighted by atomic mass is 9.93. The number of ether oxygens (including phenoxy) is 1. The van der Waals surface area contributed by atoms with Gasteiger partial charge in [-0.2, -0.15) is 0 Å². The van der Waals surface area contributed by atoms with Gasteiger partial charge in [0.15, 0.2) is 5.90 Å². The lowest BCUT2D eigenvalue weighted by Gasteiger charge is -2.26. The maximum Gasteiger partial charge on any atom is 0.180 e. The van der Waals surface area contributed by atoms with Gasteiger partial charge >= 0.3 is 0 Å². The SMILES string of the molecule is COC(=N)CCC1(c2ccc(N=[N+]=[N-])cc2)C=CSS1. The van der Waals surface area contributed by atoms with Crippen molar-refractivity contribution >= 4 is 33.2 Å². The average Bonchev–Trinajstić information content (AvgIpc) is 2.96. The summed E-state index contributed by atoms with van der Waals surface area (Å²) in [6, 6.07) is 7.58. The molecule has 0 aromatic heterocycles. The molecule has 1 aliphatic heterocycles. The molecule has 0 aliphatic carbocycles. The van der Waals surface area contributed by atoms with Crippen LogP contribution in [0.3, 0.4) is 0 Å². The van der Waals surface area contributed by atoms with E-state index in [1.807, 2.05) is 24.3 Å². The summed E-state index contributed by atoms with van der Waals surface area (Å²) >= 11 is 0. The fourth-order valence-electron chi connectivity index (χ4n) is 1.96. The first-order valence-corrected chi connectivity index (χ1v) is 8.21. The topological polar surface area (TPSA) is 81.8 Å². The summed E-state index contributed by atoms with van der Waals surface area (Å²) < 4.78 is 4.78. The largest absolute Gasteiger partial charge is 0.484 e. The van der Waals surface area contributed by atoms with E-state index in [4.69, 9.17) is 15.7 Å². The van der Waals surface area contributed by atoms with Crippen molar-refractivity contribution in [2.24, 2.45) is 5.11 Å². The van der Waals surface area contributed by atoms with Gasteiger partial charge in [-0.25, -0.2) is 0 Å². The van der Waals surface area contributed by atoms with E-state index in [-0.39, 0.29) is 4.75 Å². The Kier molecular flexibility index (Phi) is 5.00. The molecule has 1 heterocycles. The van der Waals surface area contributed by atoms with Gasteiger partial charge < -0.3 is 4.74 Å². The Morgan fingerprint density at radius 1 is 1.45 bits per heavy atom. The molecule has 104 valence electrons. The highest BCUT2D eigenvalue weighted by Gasteiger charge is 2.33. The van der Waals surface area contributed by atoms with Gasteiger partial charge in [0.2, 0.25) is 0 Å². The highest BCUT2D eigenvalue weighted by Crippen LogP contribution is 2.54. The first-order chi connectivity index (χ1) is 9.70. The molecule has 0 saturated heterocycles. The standard InChI is InChI=1S/C13H14N4OS2/c1-18-12(14)6-7-13(8-9-19-20-13)10-2-4-11(5-3-10)16-17-15/h2-5,8-9,14H,6-7H2,1H3. The van der Waals surface area contributed by atoms with Gasteiger partial charge in [-0.15, -0.1) is 0 Å². The van der Waals surface area contributed by atoms with Crippen molar-refractivity contribution in [2.45, 2.75) is 17.6 Å². The molecule has 1 unspecified atom stereocenters. The molecule has 7 heteroatoms. The fourth-order valence-corrected chi connectivity index (χ4v) is 4.65. The van der Waals surface area contributed by atoms with Crippen LogP contribution in [0, 0.1) is 5.41 Å². The Morgan fingerprint density at radius 3 is 2.75 bits per heavy atom. The number of benzene rings is 1. The third kappa shape index (κ3) is 3.30. The van der Waals surface area contributed by atoms with Crippen LogP contribution >= 0.6 is 21.6 Å². The van der Waals surface area contributed by atoms with Gasteiger partial charge in [0.1, 0.15) is 0 Å². The number of nitrogens with zero attached hydrogens (tertiary/aromatic N) is 3. The van der Waals surface area contributed by atoms with Crippen LogP contribution in [-0.2, 0) is 9.48 Å². The number of hydrogen-bond donors (Lipinski definition) is 1. The van der Waals surface area contributed by atoms with Crippen molar-refractivity contribution < 1.29 is 4.74 Å². The Morgan fingerprint density at radius 2 is 2.20 bits per heavy atom. The molecule has 0 fully saturated rings. The number of nitrogens with one attached hydrogen (secondary N) is 1. The second kappa shape index (κ2) is 6.74. The molecular weight excluding hydrogens is 292 g/mol. The monoisotopic (exact) mass is 306 g/mol. The third-order valence-corrected chi connectivity index (χ3v) is 5.81. The maximum absolute atomic E-state index is 8.43. The van der Waals surface area contributed by atoms with Crippen molar-refractivity contribution in [3.63, 3.8) is 0 Å². The lowest BCUT2D eigenvalue weighted by Crippen LogP contribution is -2.18. The van der Waals surface area contributed by atoms with Crippen LogP contribution in [0.15, 0.2) is 40.9 Å². The maximum atomic E-state index is 8.43. The molecule has 0 spiro atoms. The molecule has 1 N–H and O–H groups in total. The molecule has 1 aliphatic rings. The summed E-state index contributed by atoms with van der Waals surface area (Å²) in [4.78, 5) is 2.78. The zero-order chi connectivity index (χ0) is 14.4. The zero-order valence-electron chi connectivity index (χ0n) is 10.9. The second-order valence-corrected chi connectivity index (χ2v) is 6.67. The summed E-state index contributed by atoms with van der Waals surface area (Å²) in [6.45, 7) is 0. The normalized spacial score (nSPS) is 20.4. The fraction of sp³-hybridized carbons (Fsp3) is 0.308. The van der Waals surface area contributed by atoms with Crippen LogP contribution in [0.1, 0.15) is 18.4 Å². The first kappa shape index (κ1) is 14.8. The van der Waals surface area contributed by atoms with Crippen molar-refractivity contribution in [2.75, 3.05) is 7.11 Å². The molecule has 2 rings (SSSR count). The van der Waals surface area contributed by atoms with Crippen LogP contribution in [0.2, 0.25) is 0 Å². The zero-order valence-corrected chi connectivity index (χ0v) is 12.6. The Hall–Kier alpha value is -1.56. The van der Waals surface area contributed by atoms with Gasteiger partial charge in [0.25, 0.3) is 0 Å². The number of methoxy groups -OCH3 is 1. The van der Waals surface area contributed by atoms with Crippen LogP contribution in [0.25, 0.3) is 10.4 Å². The summed E-state index contributed by atoms with van der Waals surface area (Å²) in [6.07, 6.45) is 3.55. The Labute approximate surface area is 125 Å². The van der Waals surface area contributed by atoms with E-state index in [1.54, 1.807) is 21.6 Å². The van der Waals surface area contributed by atoms with Crippen LogP contribution in [0.4, 0.5) is 5.69 Å². The quantitative estimate of drug-likeness (QED) is 0.204. The van der Waals surface area contributed by atoms with E-state index in [1.165, 1.54) is 7.11 Å². The molecule has 0 bridgehead atoms. The smallest absolute Gasteiger partial charge is 0.180 e. The average molecular weight is 306 g/mol.